The quantitative estimate of drug-likeness (QED) is 0.769. The van der Waals surface area contributed by atoms with E-state index < -0.39 is 0 Å². The molecule has 0 radical (unpaired) electrons. The van der Waals surface area contributed by atoms with Crippen molar-refractivity contribution in [1.29, 1.82) is 0 Å². The molecule has 1 saturated carbocycles. The van der Waals surface area contributed by atoms with E-state index in [4.69, 9.17) is 5.73 Å². The van der Waals surface area contributed by atoms with Gasteiger partial charge >= 0.3 is 0 Å². The molecule has 15 heavy (non-hydrogen) atoms. The van der Waals surface area contributed by atoms with Gasteiger partial charge in [0.05, 0.1) is 0 Å². The number of amides is 1. The highest BCUT2D eigenvalue weighted by Crippen LogP contribution is 2.32. The van der Waals surface area contributed by atoms with Gasteiger partial charge in [-0.25, -0.2) is 0 Å². The Labute approximate surface area is 93.0 Å². The van der Waals surface area contributed by atoms with Gasteiger partial charge in [-0.2, -0.15) is 0 Å². The van der Waals surface area contributed by atoms with E-state index in [9.17, 15) is 4.79 Å². The summed E-state index contributed by atoms with van der Waals surface area (Å²) in [7, 11) is 0. The highest BCUT2D eigenvalue weighted by atomic mass is 16.2. The lowest BCUT2D eigenvalue weighted by Gasteiger charge is -2.30. The molecule has 0 spiro atoms. The highest BCUT2D eigenvalue weighted by Gasteiger charge is 2.34. The van der Waals surface area contributed by atoms with E-state index in [1.807, 2.05) is 11.8 Å². The topological polar surface area (TPSA) is 46.3 Å². The summed E-state index contributed by atoms with van der Waals surface area (Å²) in [4.78, 5) is 14.2. The number of hydrogen-bond acceptors (Lipinski definition) is 2. The number of hydrogen-bond donors (Lipinski definition) is 1. The summed E-state index contributed by atoms with van der Waals surface area (Å²) in [5.41, 5.74) is 5.71. The molecule has 1 rings (SSSR count). The second-order valence-corrected chi connectivity index (χ2v) is 4.75. The Hall–Kier alpha value is -0.570. The lowest BCUT2D eigenvalue weighted by molar-refractivity contribution is -0.138. The summed E-state index contributed by atoms with van der Waals surface area (Å²) < 4.78 is 0. The molecule has 88 valence electrons. The van der Waals surface area contributed by atoms with Gasteiger partial charge < -0.3 is 10.6 Å². The largest absolute Gasteiger partial charge is 0.340 e. The average Bonchev–Trinajstić information content (AvgIpc) is 2.65. The van der Waals surface area contributed by atoms with E-state index in [-0.39, 0.29) is 5.92 Å². The second kappa shape index (κ2) is 5.50. The highest BCUT2D eigenvalue weighted by molar-refractivity contribution is 5.79. The molecule has 0 aliphatic heterocycles. The molecule has 1 fully saturated rings. The first-order valence-corrected chi connectivity index (χ1v) is 6.12. The van der Waals surface area contributed by atoms with Crippen molar-refractivity contribution in [2.75, 3.05) is 13.1 Å². The maximum absolute atomic E-state index is 12.3. The van der Waals surface area contributed by atoms with Crippen LogP contribution in [-0.4, -0.2) is 29.9 Å². The summed E-state index contributed by atoms with van der Waals surface area (Å²) in [5.74, 6) is 0.933. The van der Waals surface area contributed by atoms with Crippen LogP contribution in [0, 0.1) is 11.8 Å². The first kappa shape index (κ1) is 12.5. The van der Waals surface area contributed by atoms with Crippen LogP contribution in [0.15, 0.2) is 0 Å². The second-order valence-electron chi connectivity index (χ2n) is 4.75. The van der Waals surface area contributed by atoms with Crippen LogP contribution in [0.3, 0.4) is 0 Å². The Balaban J connectivity index is 2.65. The minimum atomic E-state index is 0.192. The van der Waals surface area contributed by atoms with Crippen LogP contribution in [-0.2, 0) is 4.79 Å². The molecule has 0 aromatic heterocycles. The van der Waals surface area contributed by atoms with Gasteiger partial charge in [-0.1, -0.05) is 6.42 Å². The molecule has 0 heterocycles. The fraction of sp³-hybridized carbons (Fsp3) is 0.917. The molecule has 0 saturated heterocycles. The monoisotopic (exact) mass is 212 g/mol. The zero-order valence-electron chi connectivity index (χ0n) is 10.2. The number of nitrogens with zero attached hydrogens (tertiary/aromatic N) is 1. The van der Waals surface area contributed by atoms with E-state index in [2.05, 4.69) is 13.8 Å². The van der Waals surface area contributed by atoms with E-state index in [1.54, 1.807) is 0 Å². The van der Waals surface area contributed by atoms with Crippen molar-refractivity contribution in [3.8, 4) is 0 Å². The molecule has 1 amide bonds. The summed E-state index contributed by atoms with van der Waals surface area (Å²) >= 11 is 0. The minimum absolute atomic E-state index is 0.192. The minimum Gasteiger partial charge on any atom is -0.340 e. The maximum atomic E-state index is 12.3. The van der Waals surface area contributed by atoms with Crippen LogP contribution in [0.4, 0.5) is 0 Å². The van der Waals surface area contributed by atoms with E-state index >= 15 is 0 Å². The van der Waals surface area contributed by atoms with E-state index in [0.717, 1.165) is 25.8 Å². The normalized spacial score (nSPS) is 25.9. The van der Waals surface area contributed by atoms with Crippen molar-refractivity contribution in [3.63, 3.8) is 0 Å². The molecule has 2 atom stereocenters. The zero-order valence-corrected chi connectivity index (χ0v) is 10.2. The Bertz CT molecular complexity index is 216. The van der Waals surface area contributed by atoms with Crippen molar-refractivity contribution >= 4 is 5.91 Å². The fourth-order valence-electron chi connectivity index (χ4n) is 2.63. The van der Waals surface area contributed by atoms with Crippen molar-refractivity contribution in [2.24, 2.45) is 17.6 Å². The Morgan fingerprint density at radius 3 is 2.60 bits per heavy atom. The van der Waals surface area contributed by atoms with Crippen molar-refractivity contribution in [3.05, 3.63) is 0 Å². The molecule has 2 N–H and O–H groups in total. The van der Waals surface area contributed by atoms with Gasteiger partial charge in [0.15, 0.2) is 0 Å². The summed E-state index contributed by atoms with van der Waals surface area (Å²) in [6.45, 7) is 7.67. The standard InChI is InChI=1S/C12H24N2O/c1-4-14(9(2)3)12(15)11-7-5-6-10(11)8-13/h9-11H,4-8,13H2,1-3H3. The Morgan fingerprint density at radius 2 is 2.13 bits per heavy atom. The molecule has 0 bridgehead atoms. The molecular formula is C12H24N2O. The average molecular weight is 212 g/mol. The fourth-order valence-corrected chi connectivity index (χ4v) is 2.63. The first-order valence-electron chi connectivity index (χ1n) is 6.12. The van der Waals surface area contributed by atoms with Gasteiger partial charge in [0, 0.05) is 18.5 Å². The third-order valence-corrected chi connectivity index (χ3v) is 3.53. The van der Waals surface area contributed by atoms with Gasteiger partial charge in [0.25, 0.3) is 0 Å². The van der Waals surface area contributed by atoms with Crippen molar-refractivity contribution in [1.82, 2.24) is 4.90 Å². The SMILES string of the molecule is CCN(C(=O)C1CCCC1CN)C(C)C. The number of carbonyl (C=O) groups is 1. The van der Waals surface area contributed by atoms with Gasteiger partial charge in [0.1, 0.15) is 0 Å². The van der Waals surface area contributed by atoms with Crippen LogP contribution in [0.1, 0.15) is 40.0 Å². The van der Waals surface area contributed by atoms with Gasteiger partial charge in [-0.05, 0) is 46.1 Å². The first-order chi connectivity index (χ1) is 7.11. The van der Waals surface area contributed by atoms with Crippen molar-refractivity contribution < 1.29 is 4.79 Å². The van der Waals surface area contributed by atoms with Crippen LogP contribution >= 0.6 is 0 Å². The number of rotatable bonds is 4. The third-order valence-electron chi connectivity index (χ3n) is 3.53. The molecule has 2 unspecified atom stereocenters. The lowest BCUT2D eigenvalue weighted by atomic mass is 9.94. The van der Waals surface area contributed by atoms with E-state index in [0.29, 0.717) is 24.4 Å². The third kappa shape index (κ3) is 2.71. The smallest absolute Gasteiger partial charge is 0.226 e. The van der Waals surface area contributed by atoms with Crippen LogP contribution in [0.2, 0.25) is 0 Å². The molecule has 0 aromatic rings. The van der Waals surface area contributed by atoms with E-state index in [1.165, 1.54) is 0 Å². The van der Waals surface area contributed by atoms with Gasteiger partial charge in [-0.3, -0.25) is 4.79 Å². The molecule has 1 aliphatic rings. The van der Waals surface area contributed by atoms with Crippen LogP contribution in [0.5, 0.6) is 0 Å². The summed E-state index contributed by atoms with van der Waals surface area (Å²) in [6, 6.07) is 0.307. The molecule has 1 aliphatic carbocycles. The molecule has 0 aromatic carbocycles. The lowest BCUT2D eigenvalue weighted by Crippen LogP contribution is -2.42. The maximum Gasteiger partial charge on any atom is 0.226 e. The zero-order chi connectivity index (χ0) is 11.4. The number of carbonyl (C=O) groups excluding carboxylic acids is 1. The van der Waals surface area contributed by atoms with Crippen molar-refractivity contribution in [2.45, 2.75) is 46.1 Å². The summed E-state index contributed by atoms with van der Waals surface area (Å²) in [6.07, 6.45) is 3.32. The summed E-state index contributed by atoms with van der Waals surface area (Å²) in [5, 5.41) is 0. The Kier molecular flexibility index (Phi) is 4.58. The van der Waals surface area contributed by atoms with Gasteiger partial charge in [0.2, 0.25) is 5.91 Å². The predicted octanol–water partition coefficient (Wildman–Crippen LogP) is 1.62. The van der Waals surface area contributed by atoms with Crippen LogP contribution < -0.4 is 5.73 Å². The van der Waals surface area contributed by atoms with Crippen LogP contribution in [0.25, 0.3) is 0 Å². The van der Waals surface area contributed by atoms with Gasteiger partial charge in [-0.15, -0.1) is 0 Å². The predicted molar refractivity (Wildman–Crippen MR) is 62.4 cm³/mol. The number of nitrogens with two attached hydrogens (primary N) is 1. The molecule has 3 nitrogen and oxygen atoms in total. The molecule has 3 heteroatoms. The Morgan fingerprint density at radius 1 is 1.47 bits per heavy atom. The molecular weight excluding hydrogens is 188 g/mol.